The van der Waals surface area contributed by atoms with E-state index < -0.39 is 0 Å². The summed E-state index contributed by atoms with van der Waals surface area (Å²) in [5, 5.41) is 7.13. The molecule has 0 aliphatic carbocycles. The number of thiazole rings is 1. The van der Waals surface area contributed by atoms with Crippen LogP contribution in [0.3, 0.4) is 0 Å². The van der Waals surface area contributed by atoms with E-state index in [1.807, 2.05) is 30.3 Å². The molecule has 3 N–H and O–H groups in total. The maximum atomic E-state index is 13.4. The van der Waals surface area contributed by atoms with Crippen molar-refractivity contribution in [3.8, 4) is 0 Å². The van der Waals surface area contributed by atoms with E-state index >= 15 is 0 Å². The maximum Gasteiger partial charge on any atom is 0.204 e. The van der Waals surface area contributed by atoms with Gasteiger partial charge in [-0.1, -0.05) is 35.6 Å². The van der Waals surface area contributed by atoms with Crippen molar-refractivity contribution in [1.82, 2.24) is 29.4 Å². The molecular weight excluding hydrogens is 507 g/mol. The van der Waals surface area contributed by atoms with Gasteiger partial charge in [-0.15, -0.1) is 0 Å². The molecular formula is C26H27FN8S2. The van der Waals surface area contributed by atoms with Crippen LogP contribution in [0.25, 0.3) is 21.4 Å². The number of hydrogen-bond acceptors (Lipinski definition) is 8. The first-order valence-corrected chi connectivity index (χ1v) is 13.6. The van der Waals surface area contributed by atoms with Gasteiger partial charge in [-0.3, -0.25) is 0 Å². The van der Waals surface area contributed by atoms with Crippen LogP contribution in [0.5, 0.6) is 0 Å². The van der Waals surface area contributed by atoms with Crippen LogP contribution in [0.1, 0.15) is 18.4 Å². The third kappa shape index (κ3) is 5.34. The smallest absolute Gasteiger partial charge is 0.204 e. The zero-order chi connectivity index (χ0) is 25.2. The number of H-pyrrole nitrogens is 1. The average Bonchev–Trinajstić information content (AvgIpc) is 3.46. The molecule has 37 heavy (non-hydrogen) atoms. The molecule has 0 atom stereocenters. The highest BCUT2D eigenvalue weighted by Crippen LogP contribution is 2.25. The number of nitrogens with one attached hydrogen (secondary N) is 3. The van der Waals surface area contributed by atoms with Gasteiger partial charge in [0.2, 0.25) is 5.95 Å². The van der Waals surface area contributed by atoms with Crippen molar-refractivity contribution >= 4 is 56.7 Å². The Labute approximate surface area is 222 Å². The van der Waals surface area contributed by atoms with E-state index in [4.69, 9.17) is 17.2 Å². The highest BCUT2D eigenvalue weighted by atomic mass is 32.1. The highest BCUT2D eigenvalue weighted by molar-refractivity contribution is 7.73. The Bertz CT molecular complexity index is 1570. The number of anilines is 2. The Morgan fingerprint density at radius 1 is 1.08 bits per heavy atom. The molecule has 0 amide bonds. The predicted octanol–water partition coefficient (Wildman–Crippen LogP) is 5.27. The van der Waals surface area contributed by atoms with Crippen LogP contribution in [0.2, 0.25) is 0 Å². The largest absolute Gasteiger partial charge is 0.367 e. The molecule has 0 bridgehead atoms. The number of aromatic nitrogens is 5. The monoisotopic (exact) mass is 534 g/mol. The number of hydrogen-bond donors (Lipinski definition) is 3. The van der Waals surface area contributed by atoms with E-state index in [1.165, 1.54) is 23.5 Å². The number of nitrogens with zero attached hydrogens (tertiary/aromatic N) is 5. The molecule has 1 saturated heterocycles. The number of piperidine rings is 1. The standard InChI is InChI=1S/C26H27FN8S2/c27-18-7-5-17(6-8-18)15-35-21-4-2-1-3-20(21)32-25(35)31-19-9-12-34(13-10-19)14-11-28-23-22-24(30-16-29-23)37-26(36)33-22/h1-8,16,19H,9-15H2,(H,31,32)(H,33,36)(H,28,29,30). The number of imidazole rings is 1. The third-order valence-corrected chi connectivity index (χ3v) is 7.92. The molecule has 8 nitrogen and oxygen atoms in total. The first-order valence-electron chi connectivity index (χ1n) is 12.4. The second kappa shape index (κ2) is 10.5. The molecule has 4 heterocycles. The molecule has 1 fully saturated rings. The minimum Gasteiger partial charge on any atom is -0.367 e. The van der Waals surface area contributed by atoms with Gasteiger partial charge in [0.25, 0.3) is 0 Å². The van der Waals surface area contributed by atoms with Crippen molar-refractivity contribution in [2.45, 2.75) is 25.4 Å². The molecule has 0 radical (unpaired) electrons. The van der Waals surface area contributed by atoms with Gasteiger partial charge in [0.15, 0.2) is 9.77 Å². The zero-order valence-corrected chi connectivity index (χ0v) is 21.8. The van der Waals surface area contributed by atoms with E-state index in [-0.39, 0.29) is 5.82 Å². The molecule has 0 unspecified atom stereocenters. The van der Waals surface area contributed by atoms with Crippen molar-refractivity contribution < 1.29 is 4.39 Å². The minimum atomic E-state index is -0.222. The zero-order valence-electron chi connectivity index (χ0n) is 20.2. The van der Waals surface area contributed by atoms with Crippen molar-refractivity contribution in [2.24, 2.45) is 0 Å². The first-order chi connectivity index (χ1) is 18.1. The van der Waals surface area contributed by atoms with Crippen LogP contribution in [0.4, 0.5) is 16.2 Å². The van der Waals surface area contributed by atoms with Gasteiger partial charge >= 0.3 is 0 Å². The quantitative estimate of drug-likeness (QED) is 0.234. The fraction of sp³-hybridized carbons (Fsp3) is 0.308. The number of fused-ring (bicyclic) bond motifs is 2. The lowest BCUT2D eigenvalue weighted by Gasteiger charge is -2.32. The van der Waals surface area contributed by atoms with Gasteiger partial charge in [-0.2, -0.15) is 0 Å². The average molecular weight is 535 g/mol. The first kappa shape index (κ1) is 24.0. The maximum absolute atomic E-state index is 13.4. The second-order valence-corrected chi connectivity index (χ2v) is 10.9. The Hall–Kier alpha value is -3.41. The van der Waals surface area contributed by atoms with Gasteiger partial charge in [-0.05, 0) is 54.9 Å². The number of halogens is 1. The molecule has 11 heteroatoms. The van der Waals surface area contributed by atoms with E-state index in [2.05, 4.69) is 41.1 Å². The van der Waals surface area contributed by atoms with Crippen LogP contribution in [-0.4, -0.2) is 61.6 Å². The van der Waals surface area contributed by atoms with E-state index in [0.29, 0.717) is 16.5 Å². The fourth-order valence-corrected chi connectivity index (χ4v) is 5.86. The summed E-state index contributed by atoms with van der Waals surface area (Å²) in [6, 6.07) is 15.2. The van der Waals surface area contributed by atoms with Crippen molar-refractivity contribution in [2.75, 3.05) is 36.8 Å². The summed E-state index contributed by atoms with van der Waals surface area (Å²) in [6.07, 6.45) is 3.65. The summed E-state index contributed by atoms with van der Waals surface area (Å²) in [7, 11) is 0. The number of rotatable bonds is 8. The van der Waals surface area contributed by atoms with Gasteiger partial charge in [-0.25, -0.2) is 19.3 Å². The molecule has 0 spiro atoms. The van der Waals surface area contributed by atoms with Crippen LogP contribution in [-0.2, 0) is 6.54 Å². The fourth-order valence-electron chi connectivity index (χ4n) is 4.84. The molecule has 3 aromatic heterocycles. The van der Waals surface area contributed by atoms with Gasteiger partial charge in [0, 0.05) is 32.2 Å². The summed E-state index contributed by atoms with van der Waals surface area (Å²) in [5.41, 5.74) is 3.95. The molecule has 190 valence electrons. The van der Waals surface area contributed by atoms with Crippen LogP contribution >= 0.6 is 23.6 Å². The Morgan fingerprint density at radius 3 is 2.73 bits per heavy atom. The van der Waals surface area contributed by atoms with Crippen LogP contribution in [0, 0.1) is 9.77 Å². The second-order valence-electron chi connectivity index (χ2n) is 9.24. The predicted molar refractivity (Wildman–Crippen MR) is 149 cm³/mol. The molecule has 1 aliphatic heterocycles. The number of para-hydroxylation sites is 2. The lowest BCUT2D eigenvalue weighted by atomic mass is 10.1. The molecule has 1 aliphatic rings. The number of likely N-dealkylation sites (tertiary alicyclic amines) is 1. The molecule has 6 rings (SSSR count). The van der Waals surface area contributed by atoms with Crippen LogP contribution in [0.15, 0.2) is 54.9 Å². The molecule has 2 aromatic carbocycles. The topological polar surface area (TPSA) is 86.7 Å². The van der Waals surface area contributed by atoms with E-state index in [9.17, 15) is 4.39 Å². The van der Waals surface area contributed by atoms with Crippen molar-refractivity contribution in [3.05, 3.63) is 70.2 Å². The summed E-state index contributed by atoms with van der Waals surface area (Å²) in [5.74, 6) is 1.45. The molecule has 5 aromatic rings. The summed E-state index contributed by atoms with van der Waals surface area (Å²) in [4.78, 5) is 20.1. The summed E-state index contributed by atoms with van der Waals surface area (Å²) >= 11 is 6.70. The Morgan fingerprint density at radius 2 is 1.89 bits per heavy atom. The highest BCUT2D eigenvalue weighted by Gasteiger charge is 2.21. The SMILES string of the molecule is Fc1ccc(Cn2c(NC3CCN(CCNc4ncnc5sc(=S)[nH]c45)CC3)nc3ccccc32)cc1. The third-order valence-electron chi connectivity index (χ3n) is 6.78. The molecule has 0 saturated carbocycles. The minimum absolute atomic E-state index is 0.222. The van der Waals surface area contributed by atoms with E-state index in [1.54, 1.807) is 6.33 Å². The Kier molecular flexibility index (Phi) is 6.81. The normalized spacial score (nSPS) is 14.9. The lowest BCUT2D eigenvalue weighted by molar-refractivity contribution is 0.226. The van der Waals surface area contributed by atoms with Gasteiger partial charge < -0.3 is 25.1 Å². The number of aromatic amines is 1. The lowest BCUT2D eigenvalue weighted by Crippen LogP contribution is -2.41. The van der Waals surface area contributed by atoms with Crippen LogP contribution < -0.4 is 10.6 Å². The van der Waals surface area contributed by atoms with Crippen molar-refractivity contribution in [1.29, 1.82) is 0 Å². The van der Waals surface area contributed by atoms with Gasteiger partial charge in [0.05, 0.1) is 17.6 Å². The Balaban J connectivity index is 1.07. The van der Waals surface area contributed by atoms with E-state index in [0.717, 1.165) is 77.7 Å². The van der Waals surface area contributed by atoms with Crippen molar-refractivity contribution in [3.63, 3.8) is 0 Å². The van der Waals surface area contributed by atoms with Gasteiger partial charge in [0.1, 0.15) is 22.5 Å². The summed E-state index contributed by atoms with van der Waals surface area (Å²) < 4.78 is 16.3. The number of benzene rings is 2. The summed E-state index contributed by atoms with van der Waals surface area (Å²) in [6.45, 7) is 4.40.